The normalized spacial score (nSPS) is 22.5. The molecule has 1 aliphatic heterocycles. The lowest BCUT2D eigenvalue weighted by Crippen LogP contribution is -2.34. The summed E-state index contributed by atoms with van der Waals surface area (Å²) in [5.74, 6) is 0.673. The molecule has 1 aromatic carbocycles. The number of hydrogen-bond acceptors (Lipinski definition) is 3. The van der Waals surface area contributed by atoms with E-state index in [0.29, 0.717) is 36.4 Å². The molecule has 3 rings (SSSR count). The van der Waals surface area contributed by atoms with E-state index in [1.54, 1.807) is 24.3 Å². The van der Waals surface area contributed by atoms with E-state index in [1.807, 2.05) is 4.90 Å². The number of carbonyl (C=O) groups is 2. The van der Waals surface area contributed by atoms with E-state index in [9.17, 15) is 9.59 Å². The van der Waals surface area contributed by atoms with E-state index in [-0.39, 0.29) is 11.9 Å². The third kappa shape index (κ3) is 5.70. The monoisotopic (exact) mass is 373 g/mol. The van der Waals surface area contributed by atoms with E-state index in [0.717, 1.165) is 32.4 Å². The predicted molar refractivity (Wildman–Crippen MR) is 106 cm³/mol. The fraction of sp³-hybridized carbons (Fsp3) is 0.619. The number of benzene rings is 1. The first kappa shape index (κ1) is 19.7. The third-order valence-electron chi connectivity index (χ3n) is 5.54. The van der Waals surface area contributed by atoms with Crippen LogP contribution in [0.5, 0.6) is 0 Å². The number of nitrogens with one attached hydrogen (secondary N) is 2. The van der Waals surface area contributed by atoms with Crippen LogP contribution in [0.1, 0.15) is 55.8 Å². The van der Waals surface area contributed by atoms with Crippen LogP contribution in [0, 0.1) is 5.92 Å². The van der Waals surface area contributed by atoms with Crippen LogP contribution in [0.4, 0.5) is 10.5 Å². The van der Waals surface area contributed by atoms with Gasteiger partial charge >= 0.3 is 6.03 Å². The lowest BCUT2D eigenvalue weighted by molar-refractivity contribution is -0.00232. The van der Waals surface area contributed by atoms with Crippen LogP contribution < -0.4 is 10.6 Å². The van der Waals surface area contributed by atoms with Crippen LogP contribution in [-0.2, 0) is 4.74 Å². The van der Waals surface area contributed by atoms with E-state index >= 15 is 0 Å². The van der Waals surface area contributed by atoms with Gasteiger partial charge in [0, 0.05) is 30.9 Å². The molecular formula is C21H31N3O3. The number of nitrogens with zero attached hydrogens (tertiary/aromatic N) is 1. The maximum Gasteiger partial charge on any atom is 0.319 e. The second-order valence-electron chi connectivity index (χ2n) is 7.63. The SMILES string of the molecule is C[C@H]1CCCC[C@H]1OCCNC(=O)Nc1ccc(C(=O)N2CCCC2)cc1. The highest BCUT2D eigenvalue weighted by Gasteiger charge is 2.21. The summed E-state index contributed by atoms with van der Waals surface area (Å²) in [6, 6.07) is 6.81. The lowest BCUT2D eigenvalue weighted by Gasteiger charge is -2.28. The first-order chi connectivity index (χ1) is 13.1. The Labute approximate surface area is 161 Å². The first-order valence-corrected chi connectivity index (χ1v) is 10.2. The number of amides is 3. The molecule has 2 fully saturated rings. The van der Waals surface area contributed by atoms with Gasteiger partial charge in [0.05, 0.1) is 12.7 Å². The van der Waals surface area contributed by atoms with E-state index < -0.39 is 0 Å². The van der Waals surface area contributed by atoms with Crippen LogP contribution >= 0.6 is 0 Å². The molecule has 1 saturated heterocycles. The molecule has 1 aromatic rings. The van der Waals surface area contributed by atoms with Gasteiger partial charge in [-0.15, -0.1) is 0 Å². The van der Waals surface area contributed by atoms with Crippen LogP contribution in [0.2, 0.25) is 0 Å². The molecule has 27 heavy (non-hydrogen) atoms. The highest BCUT2D eigenvalue weighted by Crippen LogP contribution is 2.26. The Morgan fingerprint density at radius 3 is 2.48 bits per heavy atom. The molecule has 0 bridgehead atoms. The van der Waals surface area contributed by atoms with Crippen molar-refractivity contribution in [2.45, 2.75) is 51.6 Å². The van der Waals surface area contributed by atoms with Gasteiger partial charge < -0.3 is 20.3 Å². The first-order valence-electron chi connectivity index (χ1n) is 10.2. The second-order valence-corrected chi connectivity index (χ2v) is 7.63. The van der Waals surface area contributed by atoms with Gasteiger partial charge in [0.25, 0.3) is 5.91 Å². The summed E-state index contributed by atoms with van der Waals surface area (Å²) in [7, 11) is 0. The molecular weight excluding hydrogens is 342 g/mol. The number of hydrogen-bond donors (Lipinski definition) is 2. The maximum atomic E-state index is 12.3. The Balaban J connectivity index is 1.37. The van der Waals surface area contributed by atoms with Crippen molar-refractivity contribution >= 4 is 17.6 Å². The summed E-state index contributed by atoms with van der Waals surface area (Å²) in [6.07, 6.45) is 7.36. The van der Waals surface area contributed by atoms with Crippen molar-refractivity contribution < 1.29 is 14.3 Å². The fourth-order valence-corrected chi connectivity index (χ4v) is 3.88. The Hall–Kier alpha value is -2.08. The predicted octanol–water partition coefficient (Wildman–Crippen LogP) is 3.64. The topological polar surface area (TPSA) is 70.7 Å². The summed E-state index contributed by atoms with van der Waals surface area (Å²) < 4.78 is 5.90. The van der Waals surface area contributed by atoms with Gasteiger partial charge in [-0.2, -0.15) is 0 Å². The van der Waals surface area contributed by atoms with Gasteiger partial charge in [-0.1, -0.05) is 19.8 Å². The Bertz CT molecular complexity index is 626. The Kier molecular flexibility index (Phi) is 7.10. The maximum absolute atomic E-state index is 12.3. The molecule has 148 valence electrons. The summed E-state index contributed by atoms with van der Waals surface area (Å²) in [6.45, 7) is 4.93. The second kappa shape index (κ2) is 9.74. The molecule has 0 spiro atoms. The third-order valence-corrected chi connectivity index (χ3v) is 5.54. The lowest BCUT2D eigenvalue weighted by atomic mass is 9.88. The van der Waals surface area contributed by atoms with Gasteiger partial charge in [-0.25, -0.2) is 4.79 Å². The molecule has 6 nitrogen and oxygen atoms in total. The average molecular weight is 373 g/mol. The minimum atomic E-state index is -0.256. The minimum Gasteiger partial charge on any atom is -0.376 e. The molecule has 0 aromatic heterocycles. The summed E-state index contributed by atoms with van der Waals surface area (Å²) >= 11 is 0. The van der Waals surface area contributed by atoms with Crippen molar-refractivity contribution in [2.75, 3.05) is 31.6 Å². The average Bonchev–Trinajstić information content (AvgIpc) is 3.21. The molecule has 3 amide bonds. The van der Waals surface area contributed by atoms with E-state index in [1.165, 1.54) is 19.3 Å². The molecule has 0 radical (unpaired) electrons. The van der Waals surface area contributed by atoms with Crippen molar-refractivity contribution in [1.82, 2.24) is 10.2 Å². The minimum absolute atomic E-state index is 0.0672. The van der Waals surface area contributed by atoms with Gasteiger partial charge in [0.2, 0.25) is 0 Å². The highest BCUT2D eigenvalue weighted by molar-refractivity contribution is 5.95. The van der Waals surface area contributed by atoms with Gasteiger partial charge in [-0.05, 0) is 55.9 Å². The zero-order chi connectivity index (χ0) is 19.1. The van der Waals surface area contributed by atoms with Crippen molar-refractivity contribution in [1.29, 1.82) is 0 Å². The molecule has 2 N–H and O–H groups in total. The summed E-state index contributed by atoms with van der Waals surface area (Å²) in [4.78, 5) is 26.2. The summed E-state index contributed by atoms with van der Waals surface area (Å²) in [5, 5.41) is 5.61. The van der Waals surface area contributed by atoms with Gasteiger partial charge in [0.1, 0.15) is 0 Å². The highest BCUT2D eigenvalue weighted by atomic mass is 16.5. The Morgan fingerprint density at radius 2 is 1.78 bits per heavy atom. The van der Waals surface area contributed by atoms with Crippen LogP contribution in [-0.4, -0.2) is 49.2 Å². The van der Waals surface area contributed by atoms with Crippen molar-refractivity contribution in [3.05, 3.63) is 29.8 Å². The van der Waals surface area contributed by atoms with Crippen LogP contribution in [0.15, 0.2) is 24.3 Å². The molecule has 0 unspecified atom stereocenters. The molecule has 1 heterocycles. The zero-order valence-corrected chi connectivity index (χ0v) is 16.2. The van der Waals surface area contributed by atoms with E-state index in [4.69, 9.17) is 4.74 Å². The number of urea groups is 1. The van der Waals surface area contributed by atoms with Gasteiger partial charge in [-0.3, -0.25) is 4.79 Å². The number of anilines is 1. The van der Waals surface area contributed by atoms with E-state index in [2.05, 4.69) is 17.6 Å². The molecule has 1 saturated carbocycles. The number of likely N-dealkylation sites (tertiary alicyclic amines) is 1. The number of carbonyl (C=O) groups excluding carboxylic acids is 2. The van der Waals surface area contributed by atoms with Crippen molar-refractivity contribution in [3.8, 4) is 0 Å². The molecule has 2 aliphatic rings. The quantitative estimate of drug-likeness (QED) is 0.748. The molecule has 2 atom stereocenters. The fourth-order valence-electron chi connectivity index (χ4n) is 3.88. The van der Waals surface area contributed by atoms with Crippen molar-refractivity contribution in [2.24, 2.45) is 5.92 Å². The van der Waals surface area contributed by atoms with Gasteiger partial charge in [0.15, 0.2) is 0 Å². The van der Waals surface area contributed by atoms with Crippen molar-refractivity contribution in [3.63, 3.8) is 0 Å². The molecule has 1 aliphatic carbocycles. The van der Waals surface area contributed by atoms with Crippen LogP contribution in [0.3, 0.4) is 0 Å². The number of ether oxygens (including phenoxy) is 1. The Morgan fingerprint density at radius 1 is 1.07 bits per heavy atom. The summed E-state index contributed by atoms with van der Waals surface area (Å²) in [5.41, 5.74) is 1.34. The molecule has 6 heteroatoms. The number of rotatable bonds is 6. The smallest absolute Gasteiger partial charge is 0.319 e. The standard InChI is InChI=1S/C21H31N3O3/c1-16-6-2-3-7-19(16)27-15-12-22-21(26)23-18-10-8-17(9-11-18)20(25)24-13-4-5-14-24/h8-11,16,19H,2-7,12-15H2,1H3,(H2,22,23,26)/t16-,19+/m0/s1. The largest absolute Gasteiger partial charge is 0.376 e. The zero-order valence-electron chi connectivity index (χ0n) is 16.2. The van der Waals surface area contributed by atoms with Crippen LogP contribution in [0.25, 0.3) is 0 Å².